The second kappa shape index (κ2) is 4.06. The molecule has 1 heterocycles. The molecule has 0 radical (unpaired) electrons. The van der Waals surface area contributed by atoms with E-state index in [0.29, 0.717) is 4.42 Å². The molecule has 1 aliphatic rings. The van der Waals surface area contributed by atoms with E-state index < -0.39 is 12.0 Å². The van der Waals surface area contributed by atoms with E-state index in [1.54, 1.807) is 0 Å². The van der Waals surface area contributed by atoms with Gasteiger partial charge in [-0.3, -0.25) is 4.42 Å². The lowest BCUT2D eigenvalue weighted by molar-refractivity contribution is -0.139. The molecular formula is C6H4Cl4N2O2. The van der Waals surface area contributed by atoms with Gasteiger partial charge in [-0.05, 0) is 0 Å². The Morgan fingerprint density at radius 3 is 2.36 bits per heavy atom. The van der Waals surface area contributed by atoms with Gasteiger partial charge in [0.1, 0.15) is 10.2 Å². The molecule has 0 aliphatic carbocycles. The molecule has 3 N–H and O–H groups in total. The first-order valence-corrected chi connectivity index (χ1v) is 4.73. The average Bonchev–Trinajstić information content (AvgIpc) is 2.11. The molecule has 78 valence electrons. The topological polar surface area (TPSA) is 66.6 Å². The van der Waals surface area contributed by atoms with Crippen molar-refractivity contribution in [3.63, 3.8) is 0 Å². The fourth-order valence-corrected chi connectivity index (χ4v) is 1.96. The molecule has 14 heavy (non-hydrogen) atoms. The third kappa shape index (κ3) is 1.75. The first kappa shape index (κ1) is 11.8. The summed E-state index contributed by atoms with van der Waals surface area (Å²) in [4.78, 5) is 10.7. The fourth-order valence-electron chi connectivity index (χ4n) is 0.875. The number of carboxylic acids is 1. The maximum atomic E-state index is 10.7. The van der Waals surface area contributed by atoms with Gasteiger partial charge in [-0.1, -0.05) is 34.8 Å². The molecule has 0 aromatic rings. The lowest BCUT2D eigenvalue weighted by Crippen LogP contribution is -2.38. The van der Waals surface area contributed by atoms with E-state index in [1.807, 2.05) is 0 Å². The second-order valence-corrected chi connectivity index (χ2v) is 3.93. The van der Waals surface area contributed by atoms with Crippen molar-refractivity contribution in [3.05, 3.63) is 20.9 Å². The van der Waals surface area contributed by atoms with E-state index in [2.05, 4.69) is 0 Å². The van der Waals surface area contributed by atoms with Gasteiger partial charge in [0.2, 0.25) is 0 Å². The number of nitrogens with two attached hydrogens (primary N) is 1. The van der Waals surface area contributed by atoms with E-state index >= 15 is 0 Å². The zero-order valence-electron chi connectivity index (χ0n) is 6.47. The summed E-state index contributed by atoms with van der Waals surface area (Å²) in [5.74, 6) is -1.27. The highest BCUT2D eigenvalue weighted by molar-refractivity contribution is 6.45. The summed E-state index contributed by atoms with van der Waals surface area (Å²) in [5.41, 5.74) is 5.35. The average molecular weight is 278 g/mol. The highest BCUT2D eigenvalue weighted by Gasteiger charge is 2.36. The standard InChI is InChI=1S/C6H4Cl4N2O2/c7-1-3(11)2(8)5(9)12(10)4(1)6(13)14/h4H,11H2,(H,13,14). The predicted octanol–water partition coefficient (Wildman–Crippen LogP) is 1.96. The van der Waals surface area contributed by atoms with Crippen LogP contribution in [-0.4, -0.2) is 21.5 Å². The van der Waals surface area contributed by atoms with Gasteiger partial charge < -0.3 is 10.8 Å². The molecule has 0 spiro atoms. The quantitative estimate of drug-likeness (QED) is 0.568. The van der Waals surface area contributed by atoms with E-state index in [-0.39, 0.29) is 20.9 Å². The van der Waals surface area contributed by atoms with Crippen LogP contribution in [0.1, 0.15) is 0 Å². The van der Waals surface area contributed by atoms with Gasteiger partial charge in [-0.15, -0.1) is 0 Å². The Labute approximate surface area is 99.6 Å². The van der Waals surface area contributed by atoms with Gasteiger partial charge in [-0.2, -0.15) is 0 Å². The summed E-state index contributed by atoms with van der Waals surface area (Å²) in [6, 6.07) is -1.31. The van der Waals surface area contributed by atoms with Crippen molar-refractivity contribution >= 4 is 52.5 Å². The van der Waals surface area contributed by atoms with Crippen molar-refractivity contribution in [2.75, 3.05) is 0 Å². The normalized spacial score (nSPS) is 23.1. The molecule has 0 aromatic heterocycles. The fraction of sp³-hybridized carbons (Fsp3) is 0.167. The number of hydrogen-bond donors (Lipinski definition) is 2. The first-order chi connectivity index (χ1) is 6.37. The Bertz CT molecular complexity index is 352. The van der Waals surface area contributed by atoms with Gasteiger partial charge >= 0.3 is 5.97 Å². The van der Waals surface area contributed by atoms with Crippen LogP contribution in [0.25, 0.3) is 0 Å². The highest BCUT2D eigenvalue weighted by atomic mass is 35.5. The number of carbonyl (C=O) groups is 1. The van der Waals surface area contributed by atoms with Crippen LogP contribution in [0.4, 0.5) is 0 Å². The molecule has 0 aromatic carbocycles. The minimum absolute atomic E-state index is 0.0656. The van der Waals surface area contributed by atoms with E-state index in [0.717, 1.165) is 0 Å². The smallest absolute Gasteiger partial charge is 0.333 e. The number of rotatable bonds is 1. The largest absolute Gasteiger partial charge is 0.479 e. The van der Waals surface area contributed by atoms with Crippen LogP contribution in [0.5, 0.6) is 0 Å². The monoisotopic (exact) mass is 276 g/mol. The molecular weight excluding hydrogens is 274 g/mol. The van der Waals surface area contributed by atoms with Gasteiger partial charge in [0.05, 0.1) is 10.7 Å². The summed E-state index contributed by atoms with van der Waals surface area (Å²) >= 11 is 22.5. The molecule has 0 saturated heterocycles. The van der Waals surface area contributed by atoms with Gasteiger partial charge in [0, 0.05) is 11.8 Å². The van der Waals surface area contributed by atoms with Crippen LogP contribution in [0.15, 0.2) is 20.9 Å². The first-order valence-electron chi connectivity index (χ1n) is 3.26. The Hall–Kier alpha value is -0.290. The van der Waals surface area contributed by atoms with E-state index in [9.17, 15) is 4.79 Å². The van der Waals surface area contributed by atoms with Crippen molar-refractivity contribution in [2.45, 2.75) is 6.04 Å². The molecule has 0 bridgehead atoms. The molecule has 0 fully saturated rings. The second-order valence-electron chi connectivity index (χ2n) is 2.42. The number of aliphatic carboxylic acids is 1. The maximum Gasteiger partial charge on any atom is 0.333 e. The van der Waals surface area contributed by atoms with Crippen LogP contribution in [-0.2, 0) is 4.79 Å². The minimum atomic E-state index is -1.31. The molecule has 1 unspecified atom stereocenters. The Morgan fingerprint density at radius 1 is 1.43 bits per heavy atom. The minimum Gasteiger partial charge on any atom is -0.479 e. The van der Waals surface area contributed by atoms with Crippen molar-refractivity contribution in [1.29, 1.82) is 0 Å². The van der Waals surface area contributed by atoms with Crippen molar-refractivity contribution < 1.29 is 9.90 Å². The molecule has 1 rings (SSSR count). The third-order valence-corrected chi connectivity index (χ3v) is 3.27. The van der Waals surface area contributed by atoms with Gasteiger partial charge in [-0.25, -0.2) is 4.79 Å². The SMILES string of the molecule is NC1=C(Cl)C(C(=O)O)N(Cl)C(Cl)=C1Cl. The van der Waals surface area contributed by atoms with E-state index in [4.69, 9.17) is 57.4 Å². The van der Waals surface area contributed by atoms with Crippen LogP contribution < -0.4 is 5.73 Å². The van der Waals surface area contributed by atoms with Crippen LogP contribution >= 0.6 is 46.6 Å². The summed E-state index contributed by atoms with van der Waals surface area (Å²) in [5, 5.41) is 8.38. The molecule has 1 atom stereocenters. The van der Waals surface area contributed by atoms with Crippen molar-refractivity contribution in [1.82, 2.24) is 4.42 Å². The number of hydrogen-bond acceptors (Lipinski definition) is 3. The Morgan fingerprint density at radius 2 is 1.93 bits per heavy atom. The van der Waals surface area contributed by atoms with Gasteiger partial charge in [0.15, 0.2) is 6.04 Å². The summed E-state index contributed by atoms with van der Waals surface area (Å²) in [6.07, 6.45) is 0. The molecule has 0 amide bonds. The summed E-state index contributed by atoms with van der Waals surface area (Å²) < 4.78 is 0.713. The lowest BCUT2D eigenvalue weighted by Gasteiger charge is -2.28. The third-order valence-electron chi connectivity index (χ3n) is 1.56. The summed E-state index contributed by atoms with van der Waals surface area (Å²) in [6.45, 7) is 0. The number of nitrogens with zero attached hydrogens (tertiary/aromatic N) is 1. The van der Waals surface area contributed by atoms with Crippen LogP contribution in [0.3, 0.4) is 0 Å². The Balaban J connectivity index is 3.25. The van der Waals surface area contributed by atoms with Crippen molar-refractivity contribution in [3.8, 4) is 0 Å². The highest BCUT2D eigenvalue weighted by Crippen LogP contribution is 2.36. The van der Waals surface area contributed by atoms with Crippen LogP contribution in [0, 0.1) is 0 Å². The zero-order chi connectivity index (χ0) is 11.0. The maximum absolute atomic E-state index is 10.7. The molecule has 8 heteroatoms. The Kier molecular flexibility index (Phi) is 3.42. The number of allylic oxidation sites excluding steroid dienone is 1. The molecule has 1 aliphatic heterocycles. The molecule has 4 nitrogen and oxygen atoms in total. The number of carboxylic acid groups (broad SMARTS) is 1. The zero-order valence-corrected chi connectivity index (χ0v) is 9.49. The van der Waals surface area contributed by atoms with Crippen LogP contribution in [0.2, 0.25) is 0 Å². The molecule has 0 saturated carbocycles. The lowest BCUT2D eigenvalue weighted by atomic mass is 10.2. The van der Waals surface area contributed by atoms with E-state index in [1.165, 1.54) is 0 Å². The predicted molar refractivity (Wildman–Crippen MR) is 54.9 cm³/mol. The summed E-state index contributed by atoms with van der Waals surface area (Å²) in [7, 11) is 0. The van der Waals surface area contributed by atoms with Crippen molar-refractivity contribution in [2.24, 2.45) is 5.73 Å². The van der Waals surface area contributed by atoms with Gasteiger partial charge in [0.25, 0.3) is 0 Å². The number of halogens is 4.